The number of amides is 1. The Morgan fingerprint density at radius 1 is 0.933 bits per heavy atom. The highest BCUT2D eigenvalue weighted by Gasteiger charge is 2.23. The minimum Gasteiger partial charge on any atom is -0.484 e. The zero-order chi connectivity index (χ0) is 20.9. The van der Waals surface area contributed by atoms with Crippen LogP contribution in [0.25, 0.3) is 10.8 Å². The van der Waals surface area contributed by atoms with Crippen molar-refractivity contribution < 1.29 is 14.5 Å². The molecule has 1 fully saturated rings. The van der Waals surface area contributed by atoms with Crippen molar-refractivity contribution in [3.8, 4) is 5.75 Å². The van der Waals surface area contributed by atoms with Gasteiger partial charge in [-0.3, -0.25) is 19.8 Å². The highest BCUT2D eigenvalue weighted by atomic mass is 16.6. The summed E-state index contributed by atoms with van der Waals surface area (Å²) in [5.41, 5.74) is 0.835. The van der Waals surface area contributed by atoms with E-state index < -0.39 is 0 Å². The van der Waals surface area contributed by atoms with Gasteiger partial charge in [-0.2, -0.15) is 0 Å². The molecule has 0 saturated carbocycles. The molecular weight excluding hydrogens is 382 g/mol. The lowest BCUT2D eigenvalue weighted by Crippen LogP contribution is -2.49. The first kappa shape index (κ1) is 19.8. The fourth-order valence-electron chi connectivity index (χ4n) is 3.71. The van der Waals surface area contributed by atoms with E-state index in [4.69, 9.17) is 4.74 Å². The largest absolute Gasteiger partial charge is 0.484 e. The summed E-state index contributed by atoms with van der Waals surface area (Å²) < 4.78 is 5.71. The van der Waals surface area contributed by atoms with Gasteiger partial charge in [0, 0.05) is 44.4 Å². The van der Waals surface area contributed by atoms with Crippen molar-refractivity contribution in [1.29, 1.82) is 0 Å². The number of carbonyl (C=O) groups excluding carboxylic acids is 1. The average molecular weight is 405 g/mol. The van der Waals surface area contributed by atoms with E-state index in [1.54, 1.807) is 17.0 Å². The maximum atomic E-state index is 12.5. The number of nitro groups is 1. The van der Waals surface area contributed by atoms with Crippen molar-refractivity contribution in [3.63, 3.8) is 0 Å². The van der Waals surface area contributed by atoms with Crippen molar-refractivity contribution >= 4 is 22.4 Å². The van der Waals surface area contributed by atoms with Crippen molar-refractivity contribution in [1.82, 2.24) is 9.80 Å². The maximum absolute atomic E-state index is 12.5. The van der Waals surface area contributed by atoms with Crippen molar-refractivity contribution in [3.05, 3.63) is 82.4 Å². The van der Waals surface area contributed by atoms with Crippen LogP contribution in [-0.4, -0.2) is 53.4 Å². The summed E-state index contributed by atoms with van der Waals surface area (Å²) in [7, 11) is 0. The summed E-state index contributed by atoms with van der Waals surface area (Å²) in [4.78, 5) is 27.3. The van der Waals surface area contributed by atoms with Gasteiger partial charge in [-0.15, -0.1) is 0 Å². The third kappa shape index (κ3) is 4.58. The Kier molecular flexibility index (Phi) is 5.90. The van der Waals surface area contributed by atoms with Gasteiger partial charge in [0.25, 0.3) is 11.6 Å². The molecule has 30 heavy (non-hydrogen) atoms. The summed E-state index contributed by atoms with van der Waals surface area (Å²) in [6.07, 6.45) is 0. The third-order valence-electron chi connectivity index (χ3n) is 5.39. The molecule has 0 unspecified atom stereocenters. The minimum absolute atomic E-state index is 0.00248. The molecule has 3 aromatic carbocycles. The fourth-order valence-corrected chi connectivity index (χ4v) is 3.71. The Morgan fingerprint density at radius 3 is 2.40 bits per heavy atom. The van der Waals surface area contributed by atoms with E-state index in [0.29, 0.717) is 44.0 Å². The first-order valence-corrected chi connectivity index (χ1v) is 9.94. The van der Waals surface area contributed by atoms with Crippen LogP contribution in [0.4, 0.5) is 5.69 Å². The summed E-state index contributed by atoms with van der Waals surface area (Å²) >= 11 is 0. The Hall–Kier alpha value is -3.45. The van der Waals surface area contributed by atoms with Gasteiger partial charge in [0.1, 0.15) is 5.75 Å². The van der Waals surface area contributed by atoms with E-state index in [-0.39, 0.29) is 23.1 Å². The van der Waals surface area contributed by atoms with Gasteiger partial charge in [-0.05, 0) is 22.9 Å². The molecule has 1 aliphatic heterocycles. The van der Waals surface area contributed by atoms with Crippen LogP contribution in [0.1, 0.15) is 5.56 Å². The Balaban J connectivity index is 1.28. The molecule has 7 nitrogen and oxygen atoms in total. The molecular formula is C23H23N3O4. The van der Waals surface area contributed by atoms with E-state index >= 15 is 0 Å². The number of nitro benzene ring substituents is 1. The number of hydrogen-bond donors (Lipinski definition) is 0. The van der Waals surface area contributed by atoms with Crippen LogP contribution in [0.3, 0.4) is 0 Å². The fraction of sp³-hybridized carbons (Fsp3) is 0.261. The molecule has 0 atom stereocenters. The van der Waals surface area contributed by atoms with Crippen molar-refractivity contribution in [2.75, 3.05) is 32.8 Å². The molecule has 0 spiro atoms. The number of para-hydroxylation sites is 1. The molecule has 0 radical (unpaired) electrons. The van der Waals surface area contributed by atoms with Crippen molar-refractivity contribution in [2.24, 2.45) is 0 Å². The van der Waals surface area contributed by atoms with Crippen LogP contribution in [0.5, 0.6) is 5.75 Å². The second-order valence-electron chi connectivity index (χ2n) is 7.34. The van der Waals surface area contributed by atoms with E-state index in [9.17, 15) is 14.9 Å². The Bertz CT molecular complexity index is 1060. The number of nitrogens with zero attached hydrogens (tertiary/aromatic N) is 3. The molecule has 154 valence electrons. The topological polar surface area (TPSA) is 75.9 Å². The van der Waals surface area contributed by atoms with E-state index in [1.807, 2.05) is 48.5 Å². The zero-order valence-corrected chi connectivity index (χ0v) is 16.6. The summed E-state index contributed by atoms with van der Waals surface area (Å²) in [5.74, 6) is 0.630. The lowest BCUT2D eigenvalue weighted by Gasteiger charge is -2.34. The number of hydrogen-bond acceptors (Lipinski definition) is 5. The lowest BCUT2D eigenvalue weighted by molar-refractivity contribution is -0.385. The van der Waals surface area contributed by atoms with E-state index in [1.165, 1.54) is 6.07 Å². The maximum Gasteiger partial charge on any atom is 0.273 e. The molecule has 3 aromatic rings. The Labute approximate surface area is 174 Å². The highest BCUT2D eigenvalue weighted by molar-refractivity contribution is 5.84. The first-order chi connectivity index (χ1) is 14.6. The van der Waals surface area contributed by atoms with Gasteiger partial charge >= 0.3 is 0 Å². The predicted octanol–water partition coefficient (Wildman–Crippen LogP) is 3.47. The number of rotatable bonds is 6. The predicted molar refractivity (Wildman–Crippen MR) is 114 cm³/mol. The van der Waals surface area contributed by atoms with Crippen molar-refractivity contribution in [2.45, 2.75) is 6.54 Å². The monoisotopic (exact) mass is 405 g/mol. The minimum atomic E-state index is -0.348. The second kappa shape index (κ2) is 8.92. The quantitative estimate of drug-likeness (QED) is 0.464. The molecule has 1 heterocycles. The molecule has 1 amide bonds. The Morgan fingerprint density at radius 2 is 1.63 bits per heavy atom. The normalized spacial score (nSPS) is 14.6. The zero-order valence-electron chi connectivity index (χ0n) is 16.6. The molecule has 0 aliphatic carbocycles. The van der Waals surface area contributed by atoms with Gasteiger partial charge in [0.15, 0.2) is 6.61 Å². The van der Waals surface area contributed by atoms with E-state index in [0.717, 1.165) is 10.8 Å². The van der Waals surface area contributed by atoms with Gasteiger partial charge in [0.2, 0.25) is 0 Å². The highest BCUT2D eigenvalue weighted by Crippen LogP contribution is 2.22. The van der Waals surface area contributed by atoms with Crippen LogP contribution in [0, 0.1) is 10.1 Å². The standard InChI is InChI=1S/C23H23N3O4/c27-23(17-30-21-10-9-18-5-1-2-6-19(18)15-21)25-13-11-24(12-14-25)16-20-7-3-4-8-22(20)26(28)29/h1-10,15H,11-14,16-17H2. The second-order valence-corrected chi connectivity index (χ2v) is 7.34. The van der Waals surface area contributed by atoms with Gasteiger partial charge in [-0.1, -0.05) is 48.5 Å². The molecule has 1 aliphatic rings. The van der Waals surface area contributed by atoms with Crippen LogP contribution >= 0.6 is 0 Å². The van der Waals surface area contributed by atoms with Gasteiger partial charge in [-0.25, -0.2) is 0 Å². The first-order valence-electron chi connectivity index (χ1n) is 9.94. The molecule has 0 aromatic heterocycles. The number of benzene rings is 3. The number of ether oxygens (including phenoxy) is 1. The molecule has 1 saturated heterocycles. The van der Waals surface area contributed by atoms with Crippen LogP contribution in [0.15, 0.2) is 66.7 Å². The molecule has 0 bridgehead atoms. The smallest absolute Gasteiger partial charge is 0.273 e. The lowest BCUT2D eigenvalue weighted by atomic mass is 10.1. The number of piperazine rings is 1. The average Bonchev–Trinajstić information content (AvgIpc) is 2.78. The van der Waals surface area contributed by atoms with Gasteiger partial charge in [0.05, 0.1) is 4.92 Å². The number of fused-ring (bicyclic) bond motifs is 1. The third-order valence-corrected chi connectivity index (χ3v) is 5.39. The molecule has 7 heteroatoms. The summed E-state index contributed by atoms with van der Waals surface area (Å²) in [5, 5.41) is 13.4. The molecule has 0 N–H and O–H groups in total. The van der Waals surface area contributed by atoms with Gasteiger partial charge < -0.3 is 9.64 Å². The van der Waals surface area contributed by atoms with Crippen LogP contribution < -0.4 is 4.74 Å². The summed E-state index contributed by atoms with van der Waals surface area (Å²) in [6.45, 7) is 3.03. The van der Waals surface area contributed by atoms with Crippen LogP contribution in [0.2, 0.25) is 0 Å². The van der Waals surface area contributed by atoms with E-state index in [2.05, 4.69) is 4.90 Å². The molecule has 4 rings (SSSR count). The van der Waals surface area contributed by atoms with Crippen LogP contribution in [-0.2, 0) is 11.3 Å². The SMILES string of the molecule is O=C(COc1ccc2ccccc2c1)N1CCN(Cc2ccccc2[N+](=O)[O-])CC1. The summed E-state index contributed by atoms with van der Waals surface area (Å²) in [6, 6.07) is 20.6. The number of carbonyl (C=O) groups is 1.